The van der Waals surface area contributed by atoms with E-state index in [2.05, 4.69) is 10.0 Å². The number of benzene rings is 2. The van der Waals surface area contributed by atoms with Gasteiger partial charge in [0, 0.05) is 12.1 Å². The number of amides is 1. The monoisotopic (exact) mass is 382 g/mol. The van der Waals surface area contributed by atoms with Crippen molar-refractivity contribution in [3.63, 3.8) is 0 Å². The average Bonchev–Trinajstić information content (AvgIpc) is 2.58. The van der Waals surface area contributed by atoms with Crippen LogP contribution in [0.1, 0.15) is 12.5 Å². The Morgan fingerprint density at radius 2 is 1.80 bits per heavy atom. The number of carbonyl (C=O) groups is 1. The van der Waals surface area contributed by atoms with Gasteiger partial charge in [-0.3, -0.25) is 9.52 Å². The SMILES string of the molecule is CNC(=O)[C@@H](C)Oc1ccc(S(=O)(=O)Nc2cccc(Cl)c2C)cc1. The first-order valence-corrected chi connectivity index (χ1v) is 9.37. The molecule has 25 heavy (non-hydrogen) atoms. The van der Waals surface area contributed by atoms with Gasteiger partial charge in [0.15, 0.2) is 6.10 Å². The van der Waals surface area contributed by atoms with Gasteiger partial charge in [-0.05, 0) is 55.8 Å². The van der Waals surface area contributed by atoms with E-state index in [0.717, 1.165) is 0 Å². The molecule has 0 aliphatic heterocycles. The number of rotatable bonds is 6. The van der Waals surface area contributed by atoms with Gasteiger partial charge in [0.2, 0.25) is 0 Å². The van der Waals surface area contributed by atoms with Gasteiger partial charge in [0.1, 0.15) is 5.75 Å². The Morgan fingerprint density at radius 1 is 1.16 bits per heavy atom. The molecule has 6 nitrogen and oxygen atoms in total. The molecule has 0 aromatic heterocycles. The minimum Gasteiger partial charge on any atom is -0.481 e. The van der Waals surface area contributed by atoms with Crippen molar-refractivity contribution in [2.24, 2.45) is 0 Å². The summed E-state index contributed by atoms with van der Waals surface area (Å²) in [4.78, 5) is 11.5. The van der Waals surface area contributed by atoms with Crippen molar-refractivity contribution in [1.29, 1.82) is 0 Å². The summed E-state index contributed by atoms with van der Waals surface area (Å²) in [6, 6.07) is 10.8. The fourth-order valence-electron chi connectivity index (χ4n) is 2.08. The first-order valence-electron chi connectivity index (χ1n) is 7.51. The summed E-state index contributed by atoms with van der Waals surface area (Å²) in [5, 5.41) is 2.96. The molecule has 2 N–H and O–H groups in total. The zero-order valence-electron chi connectivity index (χ0n) is 14.0. The van der Waals surface area contributed by atoms with Crippen molar-refractivity contribution in [2.45, 2.75) is 24.8 Å². The molecule has 8 heteroatoms. The molecule has 0 spiro atoms. The van der Waals surface area contributed by atoms with Crippen molar-refractivity contribution in [3.05, 3.63) is 53.1 Å². The minimum absolute atomic E-state index is 0.0758. The lowest BCUT2D eigenvalue weighted by Gasteiger charge is -2.14. The molecule has 0 saturated heterocycles. The van der Waals surface area contributed by atoms with E-state index in [4.69, 9.17) is 16.3 Å². The first-order chi connectivity index (χ1) is 11.7. The van der Waals surface area contributed by atoms with E-state index in [1.165, 1.54) is 31.3 Å². The van der Waals surface area contributed by atoms with Crippen LogP contribution >= 0.6 is 11.6 Å². The Hall–Kier alpha value is -2.25. The molecular formula is C17H19ClN2O4S. The van der Waals surface area contributed by atoms with Crippen molar-refractivity contribution in [1.82, 2.24) is 5.32 Å². The second-order valence-electron chi connectivity index (χ2n) is 5.36. The van der Waals surface area contributed by atoms with Crippen LogP contribution in [0.15, 0.2) is 47.4 Å². The van der Waals surface area contributed by atoms with E-state index in [1.807, 2.05) is 0 Å². The molecule has 0 radical (unpaired) electrons. The number of sulfonamides is 1. The zero-order chi connectivity index (χ0) is 18.6. The zero-order valence-corrected chi connectivity index (χ0v) is 15.6. The summed E-state index contributed by atoms with van der Waals surface area (Å²) in [7, 11) is -2.25. The highest BCUT2D eigenvalue weighted by molar-refractivity contribution is 7.92. The van der Waals surface area contributed by atoms with Crippen molar-refractivity contribution in [3.8, 4) is 5.75 Å². The van der Waals surface area contributed by atoms with E-state index in [0.29, 0.717) is 22.0 Å². The predicted octanol–water partition coefficient (Wildman–Crippen LogP) is 2.96. The molecule has 2 rings (SSSR count). The summed E-state index contributed by atoms with van der Waals surface area (Å²) in [6.07, 6.45) is -0.681. The molecule has 0 unspecified atom stereocenters. The minimum atomic E-state index is -3.76. The quantitative estimate of drug-likeness (QED) is 0.804. The van der Waals surface area contributed by atoms with Gasteiger partial charge in [0.25, 0.3) is 15.9 Å². The lowest BCUT2D eigenvalue weighted by atomic mass is 10.2. The first kappa shape index (κ1) is 19.1. The number of hydrogen-bond acceptors (Lipinski definition) is 4. The summed E-state index contributed by atoms with van der Waals surface area (Å²) in [6.45, 7) is 3.34. The molecular weight excluding hydrogens is 364 g/mol. The molecule has 0 aliphatic rings. The summed E-state index contributed by atoms with van der Waals surface area (Å²) in [5.41, 5.74) is 1.06. The summed E-state index contributed by atoms with van der Waals surface area (Å²) >= 11 is 6.01. The largest absolute Gasteiger partial charge is 0.481 e. The smallest absolute Gasteiger partial charge is 0.261 e. The lowest BCUT2D eigenvalue weighted by molar-refractivity contribution is -0.126. The molecule has 1 amide bonds. The van der Waals surface area contributed by atoms with Crippen LogP contribution in [0.5, 0.6) is 5.75 Å². The highest BCUT2D eigenvalue weighted by atomic mass is 35.5. The molecule has 2 aromatic carbocycles. The summed E-state index contributed by atoms with van der Waals surface area (Å²) < 4.78 is 32.9. The van der Waals surface area contributed by atoms with Crippen LogP contribution in [-0.2, 0) is 14.8 Å². The van der Waals surface area contributed by atoms with Gasteiger partial charge < -0.3 is 10.1 Å². The Labute approximate surface area is 152 Å². The van der Waals surface area contributed by atoms with Crippen LogP contribution in [0.2, 0.25) is 5.02 Å². The van der Waals surface area contributed by atoms with Crippen LogP contribution in [-0.4, -0.2) is 27.5 Å². The van der Waals surface area contributed by atoms with E-state index in [-0.39, 0.29) is 10.8 Å². The maximum atomic E-state index is 12.5. The van der Waals surface area contributed by atoms with Gasteiger partial charge in [0.05, 0.1) is 10.6 Å². The number of likely N-dealkylation sites (N-methyl/N-ethyl adjacent to an activating group) is 1. The van der Waals surface area contributed by atoms with E-state index in [1.54, 1.807) is 32.0 Å². The highest BCUT2D eigenvalue weighted by Gasteiger charge is 2.17. The van der Waals surface area contributed by atoms with Crippen molar-refractivity contribution >= 4 is 33.2 Å². The van der Waals surface area contributed by atoms with Gasteiger partial charge in [-0.25, -0.2) is 8.42 Å². The second-order valence-corrected chi connectivity index (χ2v) is 7.45. The average molecular weight is 383 g/mol. The van der Waals surface area contributed by atoms with Crippen molar-refractivity contribution < 1.29 is 17.9 Å². The van der Waals surface area contributed by atoms with Crippen molar-refractivity contribution in [2.75, 3.05) is 11.8 Å². The number of anilines is 1. The predicted molar refractivity (Wildman–Crippen MR) is 97.6 cm³/mol. The van der Waals surface area contributed by atoms with Crippen LogP contribution in [0.25, 0.3) is 0 Å². The Balaban J connectivity index is 2.17. The maximum absolute atomic E-state index is 12.5. The molecule has 0 fully saturated rings. The standard InChI is InChI=1S/C17H19ClN2O4S/c1-11-15(18)5-4-6-16(11)20-25(22,23)14-9-7-13(8-10-14)24-12(2)17(21)19-3/h4-10,12,20H,1-3H3,(H,19,21)/t12-/m1/s1. The van der Waals surface area contributed by atoms with Gasteiger partial charge >= 0.3 is 0 Å². The molecule has 2 aromatic rings. The third-order valence-electron chi connectivity index (χ3n) is 3.57. The highest BCUT2D eigenvalue weighted by Crippen LogP contribution is 2.26. The molecule has 1 atom stereocenters. The molecule has 0 saturated carbocycles. The maximum Gasteiger partial charge on any atom is 0.261 e. The number of hydrogen-bond donors (Lipinski definition) is 2. The van der Waals surface area contributed by atoms with Crippen LogP contribution in [0.3, 0.4) is 0 Å². The normalized spacial score (nSPS) is 12.3. The molecule has 0 heterocycles. The number of halogens is 1. The fraction of sp³-hybridized carbons (Fsp3) is 0.235. The Bertz CT molecular complexity index is 867. The second kappa shape index (κ2) is 7.76. The third-order valence-corrected chi connectivity index (χ3v) is 5.37. The van der Waals surface area contributed by atoms with E-state index >= 15 is 0 Å². The number of nitrogens with one attached hydrogen (secondary N) is 2. The van der Waals surface area contributed by atoms with Gasteiger partial charge in [-0.2, -0.15) is 0 Å². The fourth-order valence-corrected chi connectivity index (χ4v) is 3.38. The van der Waals surface area contributed by atoms with E-state index in [9.17, 15) is 13.2 Å². The molecule has 134 valence electrons. The Morgan fingerprint density at radius 3 is 2.40 bits per heavy atom. The van der Waals surface area contributed by atoms with Gasteiger partial charge in [-0.1, -0.05) is 17.7 Å². The third kappa shape index (κ3) is 4.64. The lowest BCUT2D eigenvalue weighted by Crippen LogP contribution is -2.33. The van der Waals surface area contributed by atoms with Crippen LogP contribution in [0, 0.1) is 6.92 Å². The molecule has 0 aliphatic carbocycles. The topological polar surface area (TPSA) is 84.5 Å². The molecule has 0 bridgehead atoms. The van der Waals surface area contributed by atoms with E-state index < -0.39 is 16.1 Å². The number of carbonyl (C=O) groups excluding carboxylic acids is 1. The van der Waals surface area contributed by atoms with Gasteiger partial charge in [-0.15, -0.1) is 0 Å². The number of ether oxygens (including phenoxy) is 1. The van der Waals surface area contributed by atoms with Crippen LogP contribution in [0.4, 0.5) is 5.69 Å². The Kier molecular flexibility index (Phi) is 5.92. The van der Waals surface area contributed by atoms with Crippen LogP contribution < -0.4 is 14.8 Å². The summed E-state index contributed by atoms with van der Waals surface area (Å²) in [5.74, 6) is 0.129.